The van der Waals surface area contributed by atoms with Crippen molar-refractivity contribution in [3.05, 3.63) is 24.2 Å². The van der Waals surface area contributed by atoms with E-state index in [4.69, 9.17) is 4.42 Å². The highest BCUT2D eigenvalue weighted by atomic mass is 16.3. The molecule has 18 heavy (non-hydrogen) atoms. The second-order valence-corrected chi connectivity index (χ2v) is 4.59. The minimum Gasteiger partial charge on any atom is -0.463 e. The standard InChI is InChI=1S/C13H19N3O2/c1-10(12-8-5-9-18-12)15-16-13(17)14-11-6-3-2-4-7-11/h5,8-9,11H,2-4,6-7H2,1H3,(H2,14,16,17)/b15-10-. The Morgan fingerprint density at radius 1 is 1.39 bits per heavy atom. The molecule has 0 bridgehead atoms. The van der Waals surface area contributed by atoms with Gasteiger partial charge < -0.3 is 9.73 Å². The van der Waals surface area contributed by atoms with Gasteiger partial charge in [0.15, 0.2) is 0 Å². The molecule has 1 saturated carbocycles. The number of nitrogens with zero attached hydrogens (tertiary/aromatic N) is 1. The Bertz CT molecular complexity index is 406. The van der Waals surface area contributed by atoms with E-state index in [9.17, 15) is 4.79 Å². The van der Waals surface area contributed by atoms with Crippen molar-refractivity contribution in [2.45, 2.75) is 45.1 Å². The summed E-state index contributed by atoms with van der Waals surface area (Å²) in [5.41, 5.74) is 3.15. The number of nitrogens with one attached hydrogen (secondary N) is 2. The molecule has 5 nitrogen and oxygen atoms in total. The highest BCUT2D eigenvalue weighted by Gasteiger charge is 2.15. The van der Waals surface area contributed by atoms with E-state index in [2.05, 4.69) is 15.8 Å². The normalized spacial score (nSPS) is 17.5. The Kier molecular flexibility index (Phi) is 4.39. The van der Waals surface area contributed by atoms with Gasteiger partial charge in [-0.15, -0.1) is 0 Å². The summed E-state index contributed by atoms with van der Waals surface area (Å²) in [4.78, 5) is 11.6. The molecule has 1 heterocycles. The molecule has 5 heteroatoms. The summed E-state index contributed by atoms with van der Waals surface area (Å²) in [5.74, 6) is 0.660. The molecule has 0 aliphatic heterocycles. The Labute approximate surface area is 107 Å². The van der Waals surface area contributed by atoms with Gasteiger partial charge in [-0.05, 0) is 31.9 Å². The lowest BCUT2D eigenvalue weighted by Crippen LogP contribution is -2.41. The Hall–Kier alpha value is -1.78. The van der Waals surface area contributed by atoms with Crippen LogP contribution in [0.2, 0.25) is 0 Å². The maximum absolute atomic E-state index is 11.6. The first-order chi connectivity index (χ1) is 8.75. The first-order valence-corrected chi connectivity index (χ1v) is 6.40. The second kappa shape index (κ2) is 6.23. The number of urea groups is 1. The van der Waals surface area contributed by atoms with Gasteiger partial charge in [0.05, 0.1) is 6.26 Å². The number of hydrogen-bond donors (Lipinski definition) is 2. The third-order valence-electron chi connectivity index (χ3n) is 3.14. The van der Waals surface area contributed by atoms with Crippen molar-refractivity contribution in [1.29, 1.82) is 0 Å². The molecule has 0 unspecified atom stereocenters. The summed E-state index contributed by atoms with van der Waals surface area (Å²) in [6.07, 6.45) is 7.37. The van der Waals surface area contributed by atoms with Crippen molar-refractivity contribution in [2.75, 3.05) is 0 Å². The maximum atomic E-state index is 11.6. The fraction of sp³-hybridized carbons (Fsp3) is 0.538. The molecule has 1 aromatic rings. The first-order valence-electron chi connectivity index (χ1n) is 6.40. The molecule has 1 aromatic heterocycles. The zero-order valence-electron chi connectivity index (χ0n) is 10.6. The maximum Gasteiger partial charge on any atom is 0.335 e. The van der Waals surface area contributed by atoms with E-state index in [0.717, 1.165) is 12.8 Å². The van der Waals surface area contributed by atoms with Crippen LogP contribution in [0.1, 0.15) is 44.8 Å². The first kappa shape index (κ1) is 12.7. The molecule has 0 saturated heterocycles. The number of carbonyl (C=O) groups is 1. The highest BCUT2D eigenvalue weighted by Crippen LogP contribution is 2.17. The molecule has 1 fully saturated rings. The lowest BCUT2D eigenvalue weighted by molar-refractivity contribution is 0.233. The van der Waals surface area contributed by atoms with Crippen molar-refractivity contribution in [1.82, 2.24) is 10.7 Å². The van der Waals surface area contributed by atoms with Gasteiger partial charge in [0.1, 0.15) is 11.5 Å². The SMILES string of the molecule is C/C(=N/NC(=O)NC1CCCCC1)c1ccco1. The second-order valence-electron chi connectivity index (χ2n) is 4.59. The van der Waals surface area contributed by atoms with E-state index >= 15 is 0 Å². The molecule has 1 aliphatic carbocycles. The third kappa shape index (κ3) is 3.61. The van der Waals surface area contributed by atoms with E-state index in [1.54, 1.807) is 25.3 Å². The molecule has 2 N–H and O–H groups in total. The van der Waals surface area contributed by atoms with E-state index in [-0.39, 0.29) is 12.1 Å². The van der Waals surface area contributed by atoms with Crippen LogP contribution in [-0.2, 0) is 0 Å². The quantitative estimate of drug-likeness (QED) is 0.638. The van der Waals surface area contributed by atoms with Gasteiger partial charge >= 0.3 is 6.03 Å². The summed E-state index contributed by atoms with van der Waals surface area (Å²) in [6, 6.07) is 3.64. The Morgan fingerprint density at radius 3 is 2.83 bits per heavy atom. The van der Waals surface area contributed by atoms with Crippen molar-refractivity contribution in [3.8, 4) is 0 Å². The number of hydrogen-bond acceptors (Lipinski definition) is 3. The highest BCUT2D eigenvalue weighted by molar-refractivity contribution is 5.96. The summed E-state index contributed by atoms with van der Waals surface area (Å²) >= 11 is 0. The van der Waals surface area contributed by atoms with Gasteiger partial charge in [-0.1, -0.05) is 19.3 Å². The van der Waals surface area contributed by atoms with E-state index in [1.807, 2.05) is 0 Å². The largest absolute Gasteiger partial charge is 0.463 e. The predicted octanol–water partition coefficient (Wildman–Crippen LogP) is 2.64. The average molecular weight is 249 g/mol. The van der Waals surface area contributed by atoms with Crippen LogP contribution in [-0.4, -0.2) is 17.8 Å². The van der Waals surface area contributed by atoms with Gasteiger partial charge in [-0.3, -0.25) is 0 Å². The third-order valence-corrected chi connectivity index (χ3v) is 3.14. The van der Waals surface area contributed by atoms with Crippen LogP contribution >= 0.6 is 0 Å². The fourth-order valence-corrected chi connectivity index (χ4v) is 2.14. The molecule has 0 atom stereocenters. The monoisotopic (exact) mass is 249 g/mol. The average Bonchev–Trinajstić information content (AvgIpc) is 2.91. The number of hydrazone groups is 1. The Balaban J connectivity index is 1.78. The number of amides is 2. The molecule has 98 valence electrons. The van der Waals surface area contributed by atoms with E-state index < -0.39 is 0 Å². The van der Waals surface area contributed by atoms with Crippen LogP contribution in [0.5, 0.6) is 0 Å². The van der Waals surface area contributed by atoms with E-state index in [1.165, 1.54) is 19.3 Å². The molecule has 2 rings (SSSR count). The zero-order valence-corrected chi connectivity index (χ0v) is 10.6. The van der Waals surface area contributed by atoms with Gasteiger partial charge in [0, 0.05) is 6.04 Å². The van der Waals surface area contributed by atoms with Crippen molar-refractivity contribution >= 4 is 11.7 Å². The molecule has 2 amide bonds. The van der Waals surface area contributed by atoms with Crippen LogP contribution < -0.4 is 10.7 Å². The topological polar surface area (TPSA) is 66.6 Å². The Morgan fingerprint density at radius 2 is 2.17 bits per heavy atom. The van der Waals surface area contributed by atoms with Crippen LogP contribution in [0, 0.1) is 0 Å². The minimum atomic E-state index is -0.243. The van der Waals surface area contributed by atoms with Crippen LogP contribution in [0.15, 0.2) is 27.9 Å². The number of carbonyl (C=O) groups excluding carboxylic acids is 1. The summed E-state index contributed by atoms with van der Waals surface area (Å²) in [7, 11) is 0. The molecule has 0 spiro atoms. The van der Waals surface area contributed by atoms with Crippen LogP contribution in [0.3, 0.4) is 0 Å². The van der Waals surface area contributed by atoms with Gasteiger partial charge in [-0.25, -0.2) is 10.2 Å². The van der Waals surface area contributed by atoms with Gasteiger partial charge in [0.2, 0.25) is 0 Å². The van der Waals surface area contributed by atoms with Crippen LogP contribution in [0.25, 0.3) is 0 Å². The summed E-state index contributed by atoms with van der Waals surface area (Å²) in [6.45, 7) is 1.79. The van der Waals surface area contributed by atoms with E-state index in [0.29, 0.717) is 11.5 Å². The number of furan rings is 1. The number of rotatable bonds is 3. The molecule has 1 aliphatic rings. The lowest BCUT2D eigenvalue weighted by atomic mass is 9.96. The molecule has 0 radical (unpaired) electrons. The lowest BCUT2D eigenvalue weighted by Gasteiger charge is -2.22. The molecule has 0 aromatic carbocycles. The van der Waals surface area contributed by atoms with Crippen molar-refractivity contribution in [3.63, 3.8) is 0 Å². The zero-order chi connectivity index (χ0) is 12.8. The minimum absolute atomic E-state index is 0.243. The predicted molar refractivity (Wildman–Crippen MR) is 69.5 cm³/mol. The van der Waals surface area contributed by atoms with Gasteiger partial charge in [-0.2, -0.15) is 5.10 Å². The molecular formula is C13H19N3O2. The molecular weight excluding hydrogens is 230 g/mol. The van der Waals surface area contributed by atoms with Crippen molar-refractivity contribution < 1.29 is 9.21 Å². The van der Waals surface area contributed by atoms with Crippen molar-refractivity contribution in [2.24, 2.45) is 5.10 Å². The summed E-state index contributed by atoms with van der Waals surface area (Å²) in [5, 5.41) is 6.92. The van der Waals surface area contributed by atoms with Crippen LogP contribution in [0.4, 0.5) is 4.79 Å². The smallest absolute Gasteiger partial charge is 0.335 e. The fourth-order valence-electron chi connectivity index (χ4n) is 2.14. The van der Waals surface area contributed by atoms with Gasteiger partial charge in [0.25, 0.3) is 0 Å². The summed E-state index contributed by atoms with van der Waals surface area (Å²) < 4.78 is 5.18.